The lowest BCUT2D eigenvalue weighted by Gasteiger charge is -2.18. The molecule has 1 aromatic carbocycles. The zero-order chi connectivity index (χ0) is 13.7. The van der Waals surface area contributed by atoms with Gasteiger partial charge in [0, 0.05) is 11.7 Å². The number of aromatic nitrogens is 2. The summed E-state index contributed by atoms with van der Waals surface area (Å²) in [5.74, 6) is 2.11. The molecule has 104 valence electrons. The molecule has 0 bridgehead atoms. The average Bonchev–Trinajstić information content (AvgIpc) is 3.29. The van der Waals surface area contributed by atoms with Gasteiger partial charge in [-0.1, -0.05) is 0 Å². The van der Waals surface area contributed by atoms with Crippen LogP contribution in [0.1, 0.15) is 25.7 Å². The number of aromatic amines is 1. The number of hydrogen-bond donors (Lipinski definition) is 3. The second kappa shape index (κ2) is 4.23. The van der Waals surface area contributed by atoms with Gasteiger partial charge in [-0.3, -0.25) is 9.78 Å². The molecule has 1 aromatic heterocycles. The fourth-order valence-electron chi connectivity index (χ4n) is 2.91. The Hall–Kier alpha value is -2.04. The van der Waals surface area contributed by atoms with Gasteiger partial charge in [0.15, 0.2) is 0 Å². The van der Waals surface area contributed by atoms with Crippen molar-refractivity contribution in [3.8, 4) is 0 Å². The molecular formula is C15H18N4O. The second-order valence-corrected chi connectivity index (χ2v) is 6.04. The Morgan fingerprint density at radius 3 is 2.60 bits per heavy atom. The lowest BCUT2D eigenvalue weighted by atomic mass is 10.1. The molecule has 2 saturated carbocycles. The Balaban J connectivity index is 1.69. The number of anilines is 2. The topological polar surface area (TPSA) is 83.8 Å². The highest BCUT2D eigenvalue weighted by molar-refractivity contribution is 5.81. The molecule has 2 aliphatic rings. The Labute approximate surface area is 116 Å². The molecule has 20 heavy (non-hydrogen) atoms. The fourth-order valence-corrected chi connectivity index (χ4v) is 2.91. The quantitative estimate of drug-likeness (QED) is 0.743. The molecule has 1 heterocycles. The number of nitrogen functional groups attached to an aromatic ring is 1. The van der Waals surface area contributed by atoms with Crippen molar-refractivity contribution in [2.24, 2.45) is 11.8 Å². The Morgan fingerprint density at radius 2 is 1.95 bits per heavy atom. The molecule has 0 radical (unpaired) electrons. The SMILES string of the molecule is Nc1ccc2nc(NC(C3CC3)C3CC3)[nH]c(=O)c2c1. The maximum atomic E-state index is 12.1. The lowest BCUT2D eigenvalue weighted by Crippen LogP contribution is -2.27. The number of nitrogens with zero attached hydrogens (tertiary/aromatic N) is 1. The number of benzene rings is 1. The van der Waals surface area contributed by atoms with Crippen LogP contribution in [0.15, 0.2) is 23.0 Å². The van der Waals surface area contributed by atoms with Crippen molar-refractivity contribution in [3.05, 3.63) is 28.6 Å². The molecule has 0 saturated heterocycles. The third-order valence-electron chi connectivity index (χ3n) is 4.29. The summed E-state index contributed by atoms with van der Waals surface area (Å²) in [5, 5.41) is 4.00. The third-order valence-corrected chi connectivity index (χ3v) is 4.29. The van der Waals surface area contributed by atoms with E-state index in [0.29, 0.717) is 28.6 Å². The van der Waals surface area contributed by atoms with Gasteiger partial charge >= 0.3 is 0 Å². The van der Waals surface area contributed by atoms with Crippen LogP contribution in [0.2, 0.25) is 0 Å². The van der Waals surface area contributed by atoms with Crippen LogP contribution < -0.4 is 16.6 Å². The van der Waals surface area contributed by atoms with Gasteiger partial charge in [0.2, 0.25) is 5.95 Å². The second-order valence-electron chi connectivity index (χ2n) is 6.04. The van der Waals surface area contributed by atoms with Gasteiger partial charge in [-0.05, 0) is 55.7 Å². The maximum Gasteiger partial charge on any atom is 0.260 e. The van der Waals surface area contributed by atoms with Crippen molar-refractivity contribution >= 4 is 22.5 Å². The number of rotatable bonds is 4. The van der Waals surface area contributed by atoms with Crippen molar-refractivity contribution in [1.29, 1.82) is 0 Å². The van der Waals surface area contributed by atoms with Crippen LogP contribution in [0, 0.1) is 11.8 Å². The summed E-state index contributed by atoms with van der Waals surface area (Å²) in [5.41, 5.74) is 6.86. The van der Waals surface area contributed by atoms with Crippen molar-refractivity contribution < 1.29 is 0 Å². The minimum absolute atomic E-state index is 0.129. The molecule has 0 unspecified atom stereocenters. The van der Waals surface area contributed by atoms with Gasteiger partial charge < -0.3 is 11.1 Å². The number of fused-ring (bicyclic) bond motifs is 1. The highest BCUT2D eigenvalue weighted by Crippen LogP contribution is 2.45. The zero-order valence-corrected chi connectivity index (χ0v) is 11.2. The van der Waals surface area contributed by atoms with Crippen molar-refractivity contribution in [3.63, 3.8) is 0 Å². The van der Waals surface area contributed by atoms with Crippen LogP contribution in [-0.4, -0.2) is 16.0 Å². The first kappa shape index (κ1) is 11.8. The number of hydrogen-bond acceptors (Lipinski definition) is 4. The Kier molecular flexibility index (Phi) is 2.49. The van der Waals surface area contributed by atoms with Gasteiger partial charge in [0.1, 0.15) is 0 Å². The molecule has 0 amide bonds. The number of nitrogens with two attached hydrogens (primary N) is 1. The van der Waals surface area contributed by atoms with Crippen LogP contribution in [-0.2, 0) is 0 Å². The molecule has 4 N–H and O–H groups in total. The predicted octanol–water partition coefficient (Wildman–Crippen LogP) is 2.11. The van der Waals surface area contributed by atoms with Crippen molar-refractivity contribution in [1.82, 2.24) is 9.97 Å². The van der Waals surface area contributed by atoms with Gasteiger partial charge in [-0.15, -0.1) is 0 Å². The van der Waals surface area contributed by atoms with E-state index in [9.17, 15) is 4.79 Å². The number of H-pyrrole nitrogens is 1. The van der Waals surface area contributed by atoms with Gasteiger partial charge in [-0.2, -0.15) is 0 Å². The highest BCUT2D eigenvalue weighted by Gasteiger charge is 2.41. The molecule has 2 fully saturated rings. The molecule has 5 nitrogen and oxygen atoms in total. The van der Waals surface area contributed by atoms with Gasteiger partial charge in [0.05, 0.1) is 10.9 Å². The first-order chi connectivity index (χ1) is 9.70. The van der Waals surface area contributed by atoms with Gasteiger partial charge in [-0.25, -0.2) is 4.98 Å². The van der Waals surface area contributed by atoms with E-state index in [0.717, 1.165) is 11.8 Å². The average molecular weight is 270 g/mol. The minimum atomic E-state index is -0.129. The summed E-state index contributed by atoms with van der Waals surface area (Å²) in [6.45, 7) is 0. The molecule has 5 heteroatoms. The summed E-state index contributed by atoms with van der Waals surface area (Å²) in [6, 6.07) is 5.72. The largest absolute Gasteiger partial charge is 0.399 e. The molecule has 2 aromatic rings. The minimum Gasteiger partial charge on any atom is -0.399 e. The van der Waals surface area contributed by atoms with Crippen molar-refractivity contribution in [2.75, 3.05) is 11.1 Å². The predicted molar refractivity (Wildman–Crippen MR) is 79.6 cm³/mol. The lowest BCUT2D eigenvalue weighted by molar-refractivity contribution is 0.563. The summed E-state index contributed by atoms with van der Waals surface area (Å²) < 4.78 is 0. The van der Waals surface area contributed by atoms with Crippen LogP contribution >= 0.6 is 0 Å². The van der Waals surface area contributed by atoms with E-state index in [1.807, 2.05) is 0 Å². The van der Waals surface area contributed by atoms with Crippen LogP contribution in [0.3, 0.4) is 0 Å². The molecule has 4 rings (SSSR count). The molecule has 0 atom stereocenters. The Morgan fingerprint density at radius 1 is 1.25 bits per heavy atom. The standard InChI is InChI=1S/C15H18N4O/c16-10-5-6-12-11(7-10)14(20)19-15(17-12)18-13(8-1-2-8)9-3-4-9/h5-9,13H,1-4,16H2,(H2,17,18,19,20). The number of nitrogens with one attached hydrogen (secondary N) is 2. The van der Waals surface area contributed by atoms with Crippen LogP contribution in [0.25, 0.3) is 10.9 Å². The van der Waals surface area contributed by atoms with Crippen LogP contribution in [0.5, 0.6) is 0 Å². The summed E-state index contributed by atoms with van der Waals surface area (Å²) in [4.78, 5) is 19.5. The first-order valence-electron chi connectivity index (χ1n) is 7.27. The smallest absolute Gasteiger partial charge is 0.260 e. The molecule has 0 spiro atoms. The van der Waals surface area contributed by atoms with E-state index in [1.165, 1.54) is 25.7 Å². The first-order valence-corrected chi connectivity index (χ1v) is 7.27. The van der Waals surface area contributed by atoms with Crippen molar-refractivity contribution in [2.45, 2.75) is 31.7 Å². The molecule has 0 aliphatic heterocycles. The third kappa shape index (κ3) is 2.13. The Bertz CT molecular complexity index is 703. The van der Waals surface area contributed by atoms with E-state index in [2.05, 4.69) is 15.3 Å². The van der Waals surface area contributed by atoms with E-state index in [1.54, 1.807) is 18.2 Å². The molecule has 2 aliphatic carbocycles. The zero-order valence-electron chi connectivity index (χ0n) is 11.2. The molecular weight excluding hydrogens is 252 g/mol. The normalized spacial score (nSPS) is 18.6. The maximum absolute atomic E-state index is 12.1. The van der Waals surface area contributed by atoms with E-state index < -0.39 is 0 Å². The van der Waals surface area contributed by atoms with E-state index >= 15 is 0 Å². The monoisotopic (exact) mass is 270 g/mol. The highest BCUT2D eigenvalue weighted by atomic mass is 16.1. The summed E-state index contributed by atoms with van der Waals surface area (Å²) in [7, 11) is 0. The van der Waals surface area contributed by atoms with Crippen LogP contribution in [0.4, 0.5) is 11.6 Å². The summed E-state index contributed by atoms with van der Waals surface area (Å²) >= 11 is 0. The van der Waals surface area contributed by atoms with E-state index in [4.69, 9.17) is 5.73 Å². The van der Waals surface area contributed by atoms with Gasteiger partial charge in [0.25, 0.3) is 5.56 Å². The van der Waals surface area contributed by atoms with E-state index in [-0.39, 0.29) is 5.56 Å². The fraction of sp³-hybridized carbons (Fsp3) is 0.467. The summed E-state index contributed by atoms with van der Waals surface area (Å²) in [6.07, 6.45) is 5.18.